The minimum absolute atomic E-state index is 0.307. The van der Waals surface area contributed by atoms with Crippen LogP contribution in [-0.2, 0) is 6.54 Å². The van der Waals surface area contributed by atoms with Gasteiger partial charge >= 0.3 is 5.69 Å². The smallest absolute Gasteiger partial charge is 0.292 e. The molecule has 0 aromatic carbocycles. The molecule has 0 unspecified atom stereocenters. The maximum absolute atomic E-state index is 11.6. The molecule has 1 aromatic heterocycles. The van der Waals surface area contributed by atoms with Crippen LogP contribution in [0.4, 0.5) is 5.82 Å². The molecular weight excluding hydrogens is 208 g/mol. The standard InChI is InChI=1S/C10H16N4O2/c1-4-6-14-9(15)7-8(12-10(14)16)13(3)11-5-2/h5,7H,4,6H2,1-3H3,(H,12,16). The summed E-state index contributed by atoms with van der Waals surface area (Å²) in [5, 5.41) is 5.39. The Kier molecular flexibility index (Phi) is 4.04. The van der Waals surface area contributed by atoms with Gasteiger partial charge in [-0.3, -0.25) is 19.4 Å². The van der Waals surface area contributed by atoms with Crippen LogP contribution in [0.2, 0.25) is 0 Å². The SMILES string of the molecule is CC=NN(C)c1cc(=O)n(CCC)c(=O)[nH]1. The van der Waals surface area contributed by atoms with Crippen LogP contribution in [0.3, 0.4) is 0 Å². The second-order valence-electron chi connectivity index (χ2n) is 3.35. The van der Waals surface area contributed by atoms with Gasteiger partial charge < -0.3 is 0 Å². The first-order chi connectivity index (χ1) is 7.60. The van der Waals surface area contributed by atoms with Crippen LogP contribution >= 0.6 is 0 Å². The Morgan fingerprint density at radius 2 is 2.25 bits per heavy atom. The third kappa shape index (κ3) is 2.59. The Bertz CT molecular complexity index is 455. The second-order valence-corrected chi connectivity index (χ2v) is 3.35. The van der Waals surface area contributed by atoms with Gasteiger partial charge in [-0.2, -0.15) is 5.10 Å². The summed E-state index contributed by atoms with van der Waals surface area (Å²) in [6, 6.07) is 1.37. The molecule has 0 aliphatic rings. The summed E-state index contributed by atoms with van der Waals surface area (Å²) in [5.41, 5.74) is -0.707. The van der Waals surface area contributed by atoms with Crippen molar-refractivity contribution in [3.8, 4) is 0 Å². The molecule has 1 rings (SSSR count). The molecule has 1 N–H and O–H groups in total. The summed E-state index contributed by atoms with van der Waals surface area (Å²) in [5.74, 6) is 0.389. The molecule has 0 fully saturated rings. The van der Waals surface area contributed by atoms with Crippen molar-refractivity contribution in [3.05, 3.63) is 26.9 Å². The maximum atomic E-state index is 11.6. The number of hydrogen-bond donors (Lipinski definition) is 1. The molecule has 1 aromatic rings. The van der Waals surface area contributed by atoms with Crippen molar-refractivity contribution in [1.82, 2.24) is 9.55 Å². The van der Waals surface area contributed by atoms with Crippen molar-refractivity contribution < 1.29 is 0 Å². The van der Waals surface area contributed by atoms with E-state index in [0.29, 0.717) is 12.4 Å². The average molecular weight is 224 g/mol. The zero-order chi connectivity index (χ0) is 12.1. The predicted octanol–water partition coefficient (Wildman–Crippen LogP) is 0.389. The molecule has 6 nitrogen and oxygen atoms in total. The summed E-state index contributed by atoms with van der Waals surface area (Å²) in [6.45, 7) is 4.09. The van der Waals surface area contributed by atoms with Gasteiger partial charge in [0, 0.05) is 25.9 Å². The molecule has 0 atom stereocenters. The highest BCUT2D eigenvalue weighted by Crippen LogP contribution is 2.01. The van der Waals surface area contributed by atoms with E-state index < -0.39 is 5.69 Å². The highest BCUT2D eigenvalue weighted by atomic mass is 16.2. The lowest BCUT2D eigenvalue weighted by Crippen LogP contribution is -2.35. The Balaban J connectivity index is 3.20. The van der Waals surface area contributed by atoms with Gasteiger partial charge in [0.2, 0.25) is 0 Å². The van der Waals surface area contributed by atoms with Gasteiger partial charge in [-0.15, -0.1) is 0 Å². The van der Waals surface area contributed by atoms with Gasteiger partial charge in [-0.25, -0.2) is 4.79 Å². The lowest BCUT2D eigenvalue weighted by molar-refractivity contribution is 0.614. The van der Waals surface area contributed by atoms with Crippen LogP contribution in [-0.4, -0.2) is 22.8 Å². The number of anilines is 1. The molecule has 0 saturated heterocycles. The number of hydrogen-bond acceptors (Lipinski definition) is 4. The lowest BCUT2D eigenvalue weighted by Gasteiger charge is -2.12. The van der Waals surface area contributed by atoms with E-state index in [1.54, 1.807) is 20.2 Å². The Hall–Kier alpha value is -1.85. The van der Waals surface area contributed by atoms with E-state index in [1.165, 1.54) is 15.6 Å². The monoisotopic (exact) mass is 224 g/mol. The number of aromatic amines is 1. The molecular formula is C10H16N4O2. The van der Waals surface area contributed by atoms with Crippen LogP contribution < -0.4 is 16.3 Å². The summed E-state index contributed by atoms with van der Waals surface area (Å²) in [6.07, 6.45) is 2.32. The topological polar surface area (TPSA) is 70.5 Å². The first-order valence-electron chi connectivity index (χ1n) is 5.16. The van der Waals surface area contributed by atoms with E-state index in [4.69, 9.17) is 0 Å². The minimum atomic E-state index is -0.400. The van der Waals surface area contributed by atoms with Crippen LogP contribution in [0.25, 0.3) is 0 Å². The van der Waals surface area contributed by atoms with E-state index in [1.807, 2.05) is 6.92 Å². The summed E-state index contributed by atoms with van der Waals surface area (Å²) in [7, 11) is 1.66. The summed E-state index contributed by atoms with van der Waals surface area (Å²) in [4.78, 5) is 25.8. The highest BCUT2D eigenvalue weighted by molar-refractivity contribution is 5.55. The van der Waals surface area contributed by atoms with E-state index in [0.717, 1.165) is 6.42 Å². The van der Waals surface area contributed by atoms with Crippen molar-refractivity contribution in [2.24, 2.45) is 5.10 Å². The van der Waals surface area contributed by atoms with Gasteiger partial charge in [0.15, 0.2) is 0 Å². The van der Waals surface area contributed by atoms with Crippen molar-refractivity contribution in [1.29, 1.82) is 0 Å². The third-order valence-electron chi connectivity index (χ3n) is 2.09. The zero-order valence-corrected chi connectivity index (χ0v) is 9.73. The van der Waals surface area contributed by atoms with Gasteiger partial charge in [0.1, 0.15) is 5.82 Å². The Morgan fingerprint density at radius 3 is 2.75 bits per heavy atom. The fraction of sp³-hybridized carbons (Fsp3) is 0.500. The minimum Gasteiger partial charge on any atom is -0.292 e. The Labute approximate surface area is 93.2 Å². The largest absolute Gasteiger partial charge is 0.329 e. The second kappa shape index (κ2) is 5.29. The molecule has 0 spiro atoms. The molecule has 0 aliphatic carbocycles. The number of aromatic nitrogens is 2. The fourth-order valence-electron chi connectivity index (χ4n) is 1.35. The number of H-pyrrole nitrogens is 1. The first-order valence-corrected chi connectivity index (χ1v) is 5.16. The number of rotatable bonds is 4. The van der Waals surface area contributed by atoms with Gasteiger partial charge in [-0.05, 0) is 13.3 Å². The predicted molar refractivity (Wildman–Crippen MR) is 64.2 cm³/mol. The van der Waals surface area contributed by atoms with Gasteiger partial charge in [0.05, 0.1) is 0 Å². The van der Waals surface area contributed by atoms with Crippen LogP contribution in [0.15, 0.2) is 20.8 Å². The highest BCUT2D eigenvalue weighted by Gasteiger charge is 2.05. The van der Waals surface area contributed by atoms with Crippen LogP contribution in [0.1, 0.15) is 20.3 Å². The first kappa shape index (κ1) is 12.2. The summed E-state index contributed by atoms with van der Waals surface area (Å²) >= 11 is 0. The molecule has 16 heavy (non-hydrogen) atoms. The van der Waals surface area contributed by atoms with Crippen molar-refractivity contribution in [2.75, 3.05) is 12.1 Å². The van der Waals surface area contributed by atoms with Crippen molar-refractivity contribution in [2.45, 2.75) is 26.8 Å². The van der Waals surface area contributed by atoms with E-state index in [9.17, 15) is 9.59 Å². The van der Waals surface area contributed by atoms with Gasteiger partial charge in [0.25, 0.3) is 5.56 Å². The van der Waals surface area contributed by atoms with Gasteiger partial charge in [-0.1, -0.05) is 6.92 Å². The summed E-state index contributed by atoms with van der Waals surface area (Å²) < 4.78 is 1.17. The number of hydrazone groups is 1. The molecule has 0 amide bonds. The Morgan fingerprint density at radius 1 is 1.56 bits per heavy atom. The molecule has 1 heterocycles. The van der Waals surface area contributed by atoms with Crippen molar-refractivity contribution in [3.63, 3.8) is 0 Å². The number of nitrogens with zero attached hydrogens (tertiary/aromatic N) is 3. The van der Waals surface area contributed by atoms with Crippen LogP contribution in [0, 0.1) is 0 Å². The average Bonchev–Trinajstić information content (AvgIpc) is 2.23. The molecule has 0 radical (unpaired) electrons. The fourth-order valence-corrected chi connectivity index (χ4v) is 1.35. The molecule has 0 saturated carbocycles. The third-order valence-corrected chi connectivity index (χ3v) is 2.09. The van der Waals surface area contributed by atoms with E-state index >= 15 is 0 Å². The molecule has 6 heteroatoms. The molecule has 0 bridgehead atoms. The quantitative estimate of drug-likeness (QED) is 0.594. The van der Waals surface area contributed by atoms with E-state index in [2.05, 4.69) is 10.1 Å². The van der Waals surface area contributed by atoms with Crippen LogP contribution in [0.5, 0.6) is 0 Å². The molecule has 88 valence electrons. The number of nitrogens with one attached hydrogen (secondary N) is 1. The normalized spacial score (nSPS) is 10.9. The van der Waals surface area contributed by atoms with E-state index in [-0.39, 0.29) is 5.56 Å². The lowest BCUT2D eigenvalue weighted by atomic mass is 10.4. The molecule has 0 aliphatic heterocycles. The maximum Gasteiger partial charge on any atom is 0.329 e. The zero-order valence-electron chi connectivity index (χ0n) is 9.73. The van der Waals surface area contributed by atoms with Crippen molar-refractivity contribution >= 4 is 12.0 Å².